The number of nitrogen functional groups attached to an aromatic ring is 1. The number of anilines is 1. The Balaban J connectivity index is 1.91. The van der Waals surface area contributed by atoms with Crippen molar-refractivity contribution in [1.29, 1.82) is 5.41 Å². The number of nitrogens with one attached hydrogen (secondary N) is 2. The molecule has 2 aliphatic rings. The summed E-state index contributed by atoms with van der Waals surface area (Å²) in [5.74, 6) is 0.106. The molecule has 1 fully saturated rings. The van der Waals surface area contributed by atoms with E-state index in [0.29, 0.717) is 33.9 Å². The van der Waals surface area contributed by atoms with Gasteiger partial charge in [-0.2, -0.15) is 0 Å². The summed E-state index contributed by atoms with van der Waals surface area (Å²) in [5, 5.41) is 12.1. The molecule has 1 aliphatic carbocycles. The highest BCUT2D eigenvalue weighted by Gasteiger charge is 2.31. The standard InChI is InChI=1S/C23H26FN5O2/c1-12-17-9-15(24)6-7-16(17)23(30)29(3)11-18(25)20(21(27-2)13-4-5-13)14-8-19(31-12)22(26)28-10-14/h6-10,12-13,25,27H,4-5,11H2,1-3H3,(H2,26,28)/b21-20-,25-18?. The zero-order valence-corrected chi connectivity index (χ0v) is 17.8. The topological polar surface area (TPSA) is 104 Å². The van der Waals surface area contributed by atoms with E-state index < -0.39 is 11.9 Å². The Labute approximate surface area is 180 Å². The van der Waals surface area contributed by atoms with Gasteiger partial charge in [-0.05, 0) is 49.9 Å². The smallest absolute Gasteiger partial charge is 0.254 e. The number of pyridine rings is 1. The monoisotopic (exact) mass is 423 g/mol. The first-order valence-electron chi connectivity index (χ1n) is 10.3. The van der Waals surface area contributed by atoms with Crippen molar-refractivity contribution in [1.82, 2.24) is 15.2 Å². The van der Waals surface area contributed by atoms with Crippen LogP contribution in [0.5, 0.6) is 5.75 Å². The number of benzene rings is 1. The highest BCUT2D eigenvalue weighted by Crippen LogP contribution is 2.40. The molecular weight excluding hydrogens is 397 g/mol. The third-order valence-corrected chi connectivity index (χ3v) is 5.72. The van der Waals surface area contributed by atoms with Gasteiger partial charge in [-0.15, -0.1) is 0 Å². The van der Waals surface area contributed by atoms with Crippen LogP contribution in [-0.2, 0) is 0 Å². The van der Waals surface area contributed by atoms with Crippen molar-refractivity contribution in [2.75, 3.05) is 26.4 Å². The Morgan fingerprint density at radius 2 is 2.10 bits per heavy atom. The minimum atomic E-state index is -0.638. The largest absolute Gasteiger partial charge is 0.482 e. The van der Waals surface area contributed by atoms with Crippen LogP contribution < -0.4 is 15.8 Å². The van der Waals surface area contributed by atoms with Gasteiger partial charge in [-0.1, -0.05) is 0 Å². The maximum absolute atomic E-state index is 14.0. The molecule has 162 valence electrons. The van der Waals surface area contributed by atoms with Crippen LogP contribution >= 0.6 is 0 Å². The van der Waals surface area contributed by atoms with E-state index in [-0.39, 0.29) is 24.0 Å². The predicted octanol–water partition coefficient (Wildman–Crippen LogP) is 3.39. The summed E-state index contributed by atoms with van der Waals surface area (Å²) in [6.45, 7) is 1.84. The van der Waals surface area contributed by atoms with Crippen LogP contribution in [0.25, 0.3) is 5.57 Å². The molecule has 0 saturated heterocycles. The van der Waals surface area contributed by atoms with Crippen molar-refractivity contribution in [3.8, 4) is 5.75 Å². The van der Waals surface area contributed by atoms with Gasteiger partial charge < -0.3 is 26.1 Å². The first-order chi connectivity index (χ1) is 14.8. The number of aromatic nitrogens is 1. The van der Waals surface area contributed by atoms with Gasteiger partial charge in [0.15, 0.2) is 11.6 Å². The molecule has 31 heavy (non-hydrogen) atoms. The molecule has 7 nitrogen and oxygen atoms in total. The zero-order chi connectivity index (χ0) is 22.3. The summed E-state index contributed by atoms with van der Waals surface area (Å²) in [6, 6.07) is 5.78. The van der Waals surface area contributed by atoms with Crippen molar-refractivity contribution in [2.45, 2.75) is 25.9 Å². The first kappa shape index (κ1) is 20.8. The molecule has 1 aliphatic heterocycles. The van der Waals surface area contributed by atoms with Gasteiger partial charge in [0.1, 0.15) is 11.9 Å². The lowest BCUT2D eigenvalue weighted by atomic mass is 9.96. The van der Waals surface area contributed by atoms with E-state index in [1.807, 2.05) is 7.05 Å². The SMILES string of the molecule is CN/C(=C1\C(=N)CN(C)C(=O)c2ccc(F)cc2C(C)Oc2cc1cnc2N)C1CC1. The number of ether oxygens (including phenoxy) is 1. The molecule has 1 unspecified atom stereocenters. The summed E-state index contributed by atoms with van der Waals surface area (Å²) in [7, 11) is 3.48. The molecule has 1 amide bonds. The van der Waals surface area contributed by atoms with E-state index in [0.717, 1.165) is 18.5 Å². The number of carbonyl (C=O) groups excluding carboxylic acids is 1. The van der Waals surface area contributed by atoms with E-state index in [4.69, 9.17) is 15.9 Å². The molecule has 4 N–H and O–H groups in total. The summed E-state index contributed by atoms with van der Waals surface area (Å²) >= 11 is 0. The highest BCUT2D eigenvalue weighted by molar-refractivity contribution is 6.25. The Morgan fingerprint density at radius 1 is 1.35 bits per heavy atom. The third kappa shape index (κ3) is 3.97. The molecule has 2 bridgehead atoms. The lowest BCUT2D eigenvalue weighted by Crippen LogP contribution is -2.34. The number of allylic oxidation sites excluding steroid dienone is 1. The lowest BCUT2D eigenvalue weighted by Gasteiger charge is -2.26. The summed E-state index contributed by atoms with van der Waals surface area (Å²) < 4.78 is 20.1. The fourth-order valence-electron chi connectivity index (χ4n) is 4.00. The molecular formula is C23H26FN5O2. The zero-order valence-electron chi connectivity index (χ0n) is 17.8. The molecule has 1 atom stereocenters. The fourth-order valence-corrected chi connectivity index (χ4v) is 4.00. The molecule has 1 saturated carbocycles. The van der Waals surface area contributed by atoms with Gasteiger partial charge in [-0.25, -0.2) is 9.37 Å². The van der Waals surface area contributed by atoms with E-state index in [2.05, 4.69) is 10.3 Å². The second-order valence-corrected chi connectivity index (χ2v) is 8.05. The van der Waals surface area contributed by atoms with Crippen molar-refractivity contribution < 1.29 is 13.9 Å². The molecule has 1 aromatic heterocycles. The molecule has 4 rings (SSSR count). The minimum Gasteiger partial charge on any atom is -0.482 e. The predicted molar refractivity (Wildman–Crippen MR) is 117 cm³/mol. The number of amides is 1. The second-order valence-electron chi connectivity index (χ2n) is 8.05. The number of fused-ring (bicyclic) bond motifs is 3. The second kappa shape index (κ2) is 8.02. The van der Waals surface area contributed by atoms with Crippen molar-refractivity contribution in [3.05, 3.63) is 58.7 Å². The maximum atomic E-state index is 14.0. The molecule has 2 heterocycles. The van der Waals surface area contributed by atoms with Gasteiger partial charge in [0.2, 0.25) is 0 Å². The lowest BCUT2D eigenvalue weighted by molar-refractivity contribution is 0.0810. The number of hydrogen-bond donors (Lipinski definition) is 3. The summed E-state index contributed by atoms with van der Waals surface area (Å²) in [5.41, 5.74) is 9.44. The average Bonchev–Trinajstić information content (AvgIpc) is 3.57. The highest BCUT2D eigenvalue weighted by atomic mass is 19.1. The summed E-state index contributed by atoms with van der Waals surface area (Å²) in [4.78, 5) is 19.0. The van der Waals surface area contributed by atoms with Crippen LogP contribution in [0.4, 0.5) is 10.2 Å². The van der Waals surface area contributed by atoms with Gasteiger partial charge >= 0.3 is 0 Å². The number of halogens is 1. The molecule has 8 heteroatoms. The quantitative estimate of drug-likeness (QED) is 0.687. The third-order valence-electron chi connectivity index (χ3n) is 5.72. The van der Waals surface area contributed by atoms with E-state index in [9.17, 15) is 9.18 Å². The van der Waals surface area contributed by atoms with Gasteiger partial charge in [-0.3, -0.25) is 4.79 Å². The number of rotatable bonds is 2. The van der Waals surface area contributed by atoms with Crippen LogP contribution in [0.1, 0.15) is 47.4 Å². The van der Waals surface area contributed by atoms with Crippen molar-refractivity contribution in [3.63, 3.8) is 0 Å². The molecule has 0 radical (unpaired) electrons. The first-order valence-corrected chi connectivity index (χ1v) is 10.3. The van der Waals surface area contributed by atoms with E-state index in [1.165, 1.54) is 23.1 Å². The average molecular weight is 423 g/mol. The van der Waals surface area contributed by atoms with Gasteiger partial charge in [0.25, 0.3) is 5.91 Å². The Kier molecular flexibility index (Phi) is 5.39. The van der Waals surface area contributed by atoms with E-state index in [1.54, 1.807) is 26.2 Å². The van der Waals surface area contributed by atoms with Gasteiger partial charge in [0, 0.05) is 48.3 Å². The summed E-state index contributed by atoms with van der Waals surface area (Å²) in [6.07, 6.45) is 3.07. The number of nitrogens with two attached hydrogens (primary N) is 1. The number of hydrogen-bond acceptors (Lipinski definition) is 6. The van der Waals surface area contributed by atoms with Crippen LogP contribution in [0, 0.1) is 17.1 Å². The minimum absolute atomic E-state index is 0.0951. The van der Waals surface area contributed by atoms with Gasteiger partial charge in [0.05, 0.1) is 12.3 Å². The van der Waals surface area contributed by atoms with E-state index >= 15 is 0 Å². The van der Waals surface area contributed by atoms with Crippen LogP contribution in [-0.4, -0.2) is 42.1 Å². The molecule has 2 aromatic rings. The molecule has 1 aromatic carbocycles. The van der Waals surface area contributed by atoms with Crippen molar-refractivity contribution >= 4 is 23.0 Å². The maximum Gasteiger partial charge on any atom is 0.254 e. The van der Waals surface area contributed by atoms with Crippen LogP contribution in [0.3, 0.4) is 0 Å². The van der Waals surface area contributed by atoms with Crippen LogP contribution in [0.2, 0.25) is 0 Å². The number of nitrogens with zero attached hydrogens (tertiary/aromatic N) is 2. The van der Waals surface area contributed by atoms with Crippen LogP contribution in [0.15, 0.2) is 36.2 Å². The van der Waals surface area contributed by atoms with Crippen molar-refractivity contribution in [2.24, 2.45) is 5.92 Å². The Morgan fingerprint density at radius 3 is 2.77 bits per heavy atom. The Hall–Kier alpha value is -3.42. The number of carbonyl (C=O) groups is 1. The Bertz CT molecular complexity index is 1090. The fraction of sp³-hybridized carbons (Fsp3) is 0.348. The molecule has 0 spiro atoms. The normalized spacial score (nSPS) is 20.9.